The van der Waals surface area contributed by atoms with Crippen LogP contribution in [0.25, 0.3) is 0 Å². The van der Waals surface area contributed by atoms with Gasteiger partial charge in [0.15, 0.2) is 14.6 Å². The number of hydrogen-bond donors (Lipinski definition) is 1. The number of ether oxygens (including phenoxy) is 2. The van der Waals surface area contributed by atoms with E-state index in [1.54, 1.807) is 36.4 Å². The number of carbonyl (C=O) groups excluding carboxylic acids is 1. The Morgan fingerprint density at radius 3 is 2.26 bits per heavy atom. The average molecular weight is 389 g/mol. The maximum absolute atomic E-state index is 13.3. The summed E-state index contributed by atoms with van der Waals surface area (Å²) in [6, 6.07) is 13.2. The van der Waals surface area contributed by atoms with E-state index in [0.717, 1.165) is 0 Å². The van der Waals surface area contributed by atoms with Gasteiger partial charge in [-0.15, -0.1) is 0 Å². The lowest BCUT2D eigenvalue weighted by molar-refractivity contribution is -0.118. The number of nitrogens with one attached hydrogen (secondary N) is 1. The second kappa shape index (κ2) is 7.60. The second-order valence-electron chi connectivity index (χ2n) is 6.54. The van der Waals surface area contributed by atoms with Crippen molar-refractivity contribution in [2.75, 3.05) is 19.5 Å². The maximum Gasteiger partial charge on any atom is 0.246 e. The van der Waals surface area contributed by atoms with E-state index < -0.39 is 20.5 Å². The molecule has 7 heteroatoms. The topological polar surface area (TPSA) is 81.7 Å². The lowest BCUT2D eigenvalue weighted by Crippen LogP contribution is -2.47. The zero-order valence-electron chi connectivity index (χ0n) is 15.4. The Morgan fingerprint density at radius 2 is 1.67 bits per heavy atom. The van der Waals surface area contributed by atoms with Gasteiger partial charge in [0.2, 0.25) is 5.91 Å². The number of sulfone groups is 1. The smallest absolute Gasteiger partial charge is 0.246 e. The SMILES string of the molecule is COc1ccc(OC)c(NC(=O)C2(S(=O)(=O)c3ccccc3)CCCC2)c1. The lowest BCUT2D eigenvalue weighted by atomic mass is 10.1. The van der Waals surface area contributed by atoms with E-state index in [1.165, 1.54) is 26.4 Å². The first-order chi connectivity index (χ1) is 12.9. The van der Waals surface area contributed by atoms with Crippen molar-refractivity contribution in [2.45, 2.75) is 35.3 Å². The fraction of sp³-hybridized carbons (Fsp3) is 0.350. The largest absolute Gasteiger partial charge is 0.497 e. The van der Waals surface area contributed by atoms with E-state index in [-0.39, 0.29) is 4.90 Å². The van der Waals surface area contributed by atoms with Gasteiger partial charge in [-0.2, -0.15) is 0 Å². The molecule has 0 unspecified atom stereocenters. The van der Waals surface area contributed by atoms with Crippen molar-refractivity contribution >= 4 is 21.4 Å². The Morgan fingerprint density at radius 1 is 1.00 bits per heavy atom. The van der Waals surface area contributed by atoms with Crippen LogP contribution in [0.15, 0.2) is 53.4 Å². The molecule has 1 saturated carbocycles. The minimum atomic E-state index is -3.84. The quantitative estimate of drug-likeness (QED) is 0.819. The molecule has 1 N–H and O–H groups in total. The Hall–Kier alpha value is -2.54. The van der Waals surface area contributed by atoms with Crippen molar-refractivity contribution in [1.29, 1.82) is 0 Å². The Labute approximate surface area is 159 Å². The molecule has 2 aromatic rings. The molecule has 0 heterocycles. The normalized spacial score (nSPS) is 15.9. The van der Waals surface area contributed by atoms with E-state index in [0.29, 0.717) is 42.9 Å². The third-order valence-corrected chi connectivity index (χ3v) is 7.56. The predicted molar refractivity (Wildman–Crippen MR) is 103 cm³/mol. The van der Waals surface area contributed by atoms with Crippen LogP contribution in [0.3, 0.4) is 0 Å². The minimum absolute atomic E-state index is 0.166. The van der Waals surface area contributed by atoms with E-state index in [9.17, 15) is 13.2 Å². The molecule has 0 bridgehead atoms. The van der Waals surface area contributed by atoms with Gasteiger partial charge in [0.1, 0.15) is 11.5 Å². The van der Waals surface area contributed by atoms with Crippen LogP contribution in [0.5, 0.6) is 11.5 Å². The number of methoxy groups -OCH3 is 2. The standard InChI is InChI=1S/C20H23NO5S/c1-25-15-10-11-18(26-2)17(14-15)21-19(22)20(12-6-7-13-20)27(23,24)16-8-4-3-5-9-16/h3-5,8-11,14H,6-7,12-13H2,1-2H3,(H,21,22). The number of hydrogen-bond acceptors (Lipinski definition) is 5. The maximum atomic E-state index is 13.3. The molecule has 0 aromatic heterocycles. The van der Waals surface area contributed by atoms with E-state index in [1.807, 2.05) is 0 Å². The Kier molecular flexibility index (Phi) is 5.41. The van der Waals surface area contributed by atoms with Gasteiger partial charge in [0.25, 0.3) is 0 Å². The summed E-state index contributed by atoms with van der Waals surface area (Å²) in [5.41, 5.74) is 0.386. The van der Waals surface area contributed by atoms with Crippen LogP contribution in [0.1, 0.15) is 25.7 Å². The zero-order valence-corrected chi connectivity index (χ0v) is 16.2. The third-order valence-electron chi connectivity index (χ3n) is 5.05. The Bertz CT molecular complexity index is 919. The first-order valence-corrected chi connectivity index (χ1v) is 10.3. The number of benzene rings is 2. The molecule has 6 nitrogen and oxygen atoms in total. The highest BCUT2D eigenvalue weighted by molar-refractivity contribution is 7.93. The van der Waals surface area contributed by atoms with Gasteiger partial charge >= 0.3 is 0 Å². The highest BCUT2D eigenvalue weighted by atomic mass is 32.2. The van der Waals surface area contributed by atoms with Crippen molar-refractivity contribution in [3.8, 4) is 11.5 Å². The molecular weight excluding hydrogens is 366 g/mol. The van der Waals surface area contributed by atoms with Crippen LogP contribution in [0, 0.1) is 0 Å². The van der Waals surface area contributed by atoms with Crippen LogP contribution in [0.2, 0.25) is 0 Å². The molecule has 144 valence electrons. The summed E-state index contributed by atoms with van der Waals surface area (Å²) in [7, 11) is -0.830. The molecule has 0 radical (unpaired) electrons. The summed E-state index contributed by atoms with van der Waals surface area (Å²) < 4.78 is 35.7. The molecular formula is C20H23NO5S. The van der Waals surface area contributed by atoms with Gasteiger partial charge in [-0.05, 0) is 37.1 Å². The molecule has 0 spiro atoms. The van der Waals surface area contributed by atoms with Gasteiger partial charge in [0.05, 0.1) is 24.8 Å². The van der Waals surface area contributed by atoms with Crippen molar-refractivity contribution < 1.29 is 22.7 Å². The highest BCUT2D eigenvalue weighted by Gasteiger charge is 2.53. The fourth-order valence-corrected chi connectivity index (χ4v) is 5.63. The highest BCUT2D eigenvalue weighted by Crippen LogP contribution is 2.42. The molecule has 1 aliphatic rings. The lowest BCUT2D eigenvalue weighted by Gasteiger charge is -2.28. The second-order valence-corrected chi connectivity index (χ2v) is 8.80. The molecule has 1 amide bonds. The van der Waals surface area contributed by atoms with Crippen molar-refractivity contribution in [1.82, 2.24) is 0 Å². The van der Waals surface area contributed by atoms with E-state index >= 15 is 0 Å². The van der Waals surface area contributed by atoms with Gasteiger partial charge in [-0.25, -0.2) is 8.42 Å². The molecule has 1 aliphatic carbocycles. The molecule has 0 saturated heterocycles. The Balaban J connectivity index is 2.00. The van der Waals surface area contributed by atoms with Crippen LogP contribution in [-0.4, -0.2) is 33.3 Å². The van der Waals surface area contributed by atoms with Crippen molar-refractivity contribution in [2.24, 2.45) is 0 Å². The summed E-state index contributed by atoms with van der Waals surface area (Å²) in [5, 5.41) is 2.77. The van der Waals surface area contributed by atoms with Gasteiger partial charge < -0.3 is 14.8 Å². The van der Waals surface area contributed by atoms with E-state index in [2.05, 4.69) is 5.32 Å². The molecule has 27 heavy (non-hydrogen) atoms. The van der Waals surface area contributed by atoms with E-state index in [4.69, 9.17) is 9.47 Å². The predicted octanol–water partition coefficient (Wildman–Crippen LogP) is 3.43. The van der Waals surface area contributed by atoms with Gasteiger partial charge in [-0.1, -0.05) is 31.0 Å². The third kappa shape index (κ3) is 3.39. The van der Waals surface area contributed by atoms with Crippen LogP contribution in [-0.2, 0) is 14.6 Å². The molecule has 1 fully saturated rings. The van der Waals surface area contributed by atoms with Crippen LogP contribution < -0.4 is 14.8 Å². The number of anilines is 1. The summed E-state index contributed by atoms with van der Waals surface area (Å²) in [6.45, 7) is 0. The summed E-state index contributed by atoms with van der Waals surface area (Å²) in [4.78, 5) is 13.4. The van der Waals surface area contributed by atoms with Crippen LogP contribution in [0.4, 0.5) is 5.69 Å². The summed E-state index contributed by atoms with van der Waals surface area (Å²) in [6.07, 6.45) is 1.97. The van der Waals surface area contributed by atoms with Crippen molar-refractivity contribution in [3.05, 3.63) is 48.5 Å². The number of carbonyl (C=O) groups is 1. The summed E-state index contributed by atoms with van der Waals surface area (Å²) >= 11 is 0. The molecule has 0 atom stereocenters. The molecule has 3 rings (SSSR count). The van der Waals surface area contributed by atoms with Gasteiger partial charge in [0, 0.05) is 6.07 Å². The average Bonchev–Trinajstić information content (AvgIpc) is 3.20. The van der Waals surface area contributed by atoms with Crippen molar-refractivity contribution in [3.63, 3.8) is 0 Å². The first-order valence-electron chi connectivity index (χ1n) is 8.78. The first kappa shape index (κ1) is 19.2. The number of rotatable bonds is 6. The fourth-order valence-electron chi connectivity index (χ4n) is 3.54. The number of amides is 1. The molecule has 2 aromatic carbocycles. The molecule has 0 aliphatic heterocycles. The summed E-state index contributed by atoms with van der Waals surface area (Å²) in [5.74, 6) is 0.447. The monoisotopic (exact) mass is 389 g/mol. The van der Waals surface area contributed by atoms with Crippen LogP contribution >= 0.6 is 0 Å². The minimum Gasteiger partial charge on any atom is -0.497 e. The zero-order chi connectivity index (χ0) is 19.5. The van der Waals surface area contributed by atoms with Gasteiger partial charge in [-0.3, -0.25) is 4.79 Å².